The van der Waals surface area contributed by atoms with E-state index in [1.165, 1.54) is 32.1 Å². The molecule has 2 atom stereocenters. The van der Waals surface area contributed by atoms with E-state index in [1.54, 1.807) is 12.1 Å². The first-order valence-corrected chi connectivity index (χ1v) is 12.5. The zero-order chi connectivity index (χ0) is 23.5. The maximum Gasteiger partial charge on any atom is 0.240 e. The maximum atomic E-state index is 13.6. The third-order valence-electron chi connectivity index (χ3n) is 7.41. The highest BCUT2D eigenvalue weighted by molar-refractivity contribution is 5.82. The van der Waals surface area contributed by atoms with Crippen LogP contribution in [0.3, 0.4) is 0 Å². The van der Waals surface area contributed by atoms with Gasteiger partial charge in [-0.25, -0.2) is 4.98 Å². The zero-order valence-corrected chi connectivity index (χ0v) is 19.6. The fourth-order valence-corrected chi connectivity index (χ4v) is 5.56. The van der Waals surface area contributed by atoms with Crippen LogP contribution in [0.4, 0.5) is 0 Å². The number of phenols is 1. The minimum Gasteiger partial charge on any atom is -0.508 e. The Morgan fingerprint density at radius 3 is 2.50 bits per heavy atom. The van der Waals surface area contributed by atoms with E-state index in [4.69, 9.17) is 10.7 Å². The quantitative estimate of drug-likeness (QED) is 0.562. The van der Waals surface area contributed by atoms with Crippen molar-refractivity contribution in [3.05, 3.63) is 72.2 Å². The van der Waals surface area contributed by atoms with Crippen LogP contribution in [0.15, 0.2) is 60.8 Å². The number of amides is 1. The molecule has 1 aliphatic carbocycles. The van der Waals surface area contributed by atoms with Crippen LogP contribution in [0.25, 0.3) is 11.3 Å². The molecule has 3 N–H and O–H groups in total. The Labute approximate surface area is 201 Å². The molecular weight excluding hydrogens is 424 g/mol. The first-order chi connectivity index (χ1) is 16.6. The highest BCUT2D eigenvalue weighted by Crippen LogP contribution is 2.37. The molecule has 2 aromatic carbocycles. The van der Waals surface area contributed by atoms with Gasteiger partial charge in [0.15, 0.2) is 0 Å². The fourth-order valence-electron chi connectivity index (χ4n) is 5.56. The van der Waals surface area contributed by atoms with E-state index < -0.39 is 6.04 Å². The van der Waals surface area contributed by atoms with Gasteiger partial charge in [-0.2, -0.15) is 0 Å². The van der Waals surface area contributed by atoms with Crippen molar-refractivity contribution in [1.29, 1.82) is 0 Å². The first-order valence-electron chi connectivity index (χ1n) is 12.5. The van der Waals surface area contributed by atoms with Crippen molar-refractivity contribution in [2.75, 3.05) is 6.54 Å². The van der Waals surface area contributed by atoms with E-state index in [1.807, 2.05) is 35.2 Å². The predicted molar refractivity (Wildman–Crippen MR) is 133 cm³/mol. The number of carbonyl (C=O) groups excluding carboxylic acids is 1. The SMILES string of the molecule is N[C@@H](Cc1ccc(O)cc1)C(=O)N1CCn2cc(-c3ccccc3)nc2[C@@H]1CC1CCCCC1. The summed E-state index contributed by atoms with van der Waals surface area (Å²) in [6.07, 6.45) is 9.85. The number of nitrogens with zero attached hydrogens (tertiary/aromatic N) is 3. The number of phenolic OH excluding ortho intramolecular Hbond substituents is 1. The third kappa shape index (κ3) is 4.87. The minimum atomic E-state index is -0.617. The molecule has 1 amide bonds. The van der Waals surface area contributed by atoms with Crippen LogP contribution in [0.1, 0.15) is 56.0 Å². The highest BCUT2D eigenvalue weighted by atomic mass is 16.3. The molecule has 0 bridgehead atoms. The molecule has 3 aromatic rings. The molecule has 0 unspecified atom stereocenters. The molecule has 178 valence electrons. The molecule has 0 saturated heterocycles. The van der Waals surface area contributed by atoms with Crippen LogP contribution in [0.5, 0.6) is 5.75 Å². The lowest BCUT2D eigenvalue weighted by Crippen LogP contribution is -2.50. The van der Waals surface area contributed by atoms with Crippen LogP contribution in [-0.4, -0.2) is 38.1 Å². The topological polar surface area (TPSA) is 84.4 Å². The second kappa shape index (κ2) is 10.0. The second-order valence-corrected chi connectivity index (χ2v) is 9.81. The maximum absolute atomic E-state index is 13.6. The molecule has 1 aliphatic heterocycles. The molecule has 6 nitrogen and oxygen atoms in total. The van der Waals surface area contributed by atoms with E-state index in [2.05, 4.69) is 22.9 Å². The van der Waals surface area contributed by atoms with Gasteiger partial charge >= 0.3 is 0 Å². The lowest BCUT2D eigenvalue weighted by molar-refractivity contribution is -0.137. The van der Waals surface area contributed by atoms with Crippen LogP contribution >= 0.6 is 0 Å². The summed E-state index contributed by atoms with van der Waals surface area (Å²) in [7, 11) is 0. The number of imidazole rings is 1. The van der Waals surface area contributed by atoms with Crippen molar-refractivity contribution < 1.29 is 9.90 Å². The van der Waals surface area contributed by atoms with Crippen LogP contribution < -0.4 is 5.73 Å². The molecule has 2 aliphatic rings. The molecule has 0 spiro atoms. The smallest absolute Gasteiger partial charge is 0.240 e. The Morgan fingerprint density at radius 1 is 1.03 bits per heavy atom. The normalized spacial score (nSPS) is 19.6. The van der Waals surface area contributed by atoms with E-state index in [0.717, 1.165) is 35.6 Å². The molecule has 34 heavy (non-hydrogen) atoms. The third-order valence-corrected chi connectivity index (χ3v) is 7.41. The summed E-state index contributed by atoms with van der Waals surface area (Å²) >= 11 is 0. The van der Waals surface area contributed by atoms with Crippen molar-refractivity contribution in [3.8, 4) is 17.0 Å². The minimum absolute atomic E-state index is 0.00982. The Balaban J connectivity index is 1.41. The molecular formula is C28H34N4O2. The van der Waals surface area contributed by atoms with Crippen LogP contribution in [-0.2, 0) is 17.8 Å². The lowest BCUT2D eigenvalue weighted by Gasteiger charge is -2.39. The van der Waals surface area contributed by atoms with Gasteiger partial charge in [0.05, 0.1) is 17.8 Å². The summed E-state index contributed by atoms with van der Waals surface area (Å²) in [6.45, 7) is 1.38. The van der Waals surface area contributed by atoms with Gasteiger partial charge in [-0.3, -0.25) is 4.79 Å². The van der Waals surface area contributed by atoms with E-state index in [9.17, 15) is 9.90 Å². The van der Waals surface area contributed by atoms with E-state index >= 15 is 0 Å². The summed E-state index contributed by atoms with van der Waals surface area (Å²) in [5.41, 5.74) is 9.46. The summed E-state index contributed by atoms with van der Waals surface area (Å²) in [4.78, 5) is 20.7. The van der Waals surface area contributed by atoms with Gasteiger partial charge in [0.2, 0.25) is 5.91 Å². The van der Waals surface area contributed by atoms with Crippen molar-refractivity contribution in [1.82, 2.24) is 14.5 Å². The van der Waals surface area contributed by atoms with Gasteiger partial charge in [-0.05, 0) is 36.5 Å². The number of hydrogen-bond donors (Lipinski definition) is 2. The standard InChI is InChI=1S/C28H34N4O2/c29-24(17-21-11-13-23(33)14-12-21)28(34)32-16-15-31-19-25(22-9-5-2-6-10-22)30-27(31)26(32)18-20-7-3-1-4-8-20/h2,5-6,9-14,19-20,24,26,33H,1,3-4,7-8,15-18,29H2/t24-,26-/m0/s1. The van der Waals surface area contributed by atoms with Gasteiger partial charge in [0.1, 0.15) is 11.6 Å². The molecule has 5 rings (SSSR count). The average molecular weight is 459 g/mol. The summed E-state index contributed by atoms with van der Waals surface area (Å²) < 4.78 is 2.24. The number of carbonyl (C=O) groups is 1. The van der Waals surface area contributed by atoms with E-state index in [-0.39, 0.29) is 17.7 Å². The molecule has 1 saturated carbocycles. The van der Waals surface area contributed by atoms with Gasteiger partial charge in [0, 0.05) is 24.8 Å². The number of aromatic hydroxyl groups is 1. The Morgan fingerprint density at radius 2 is 1.76 bits per heavy atom. The van der Waals surface area contributed by atoms with Crippen molar-refractivity contribution in [3.63, 3.8) is 0 Å². The summed E-state index contributed by atoms with van der Waals surface area (Å²) in [5.74, 6) is 1.81. The number of hydrogen-bond acceptors (Lipinski definition) is 4. The fraction of sp³-hybridized carbons (Fsp3) is 0.429. The van der Waals surface area contributed by atoms with Gasteiger partial charge in [0.25, 0.3) is 0 Å². The number of aromatic nitrogens is 2. The Bertz CT molecular complexity index is 1100. The number of rotatable bonds is 6. The number of benzene rings is 2. The molecule has 6 heteroatoms. The summed E-state index contributed by atoms with van der Waals surface area (Å²) in [6, 6.07) is 16.5. The largest absolute Gasteiger partial charge is 0.508 e. The van der Waals surface area contributed by atoms with Crippen molar-refractivity contribution in [2.24, 2.45) is 11.7 Å². The summed E-state index contributed by atoms with van der Waals surface area (Å²) in [5, 5.41) is 9.56. The van der Waals surface area contributed by atoms with Gasteiger partial charge in [-0.15, -0.1) is 0 Å². The second-order valence-electron chi connectivity index (χ2n) is 9.81. The van der Waals surface area contributed by atoms with Crippen molar-refractivity contribution in [2.45, 2.75) is 63.6 Å². The molecule has 1 aromatic heterocycles. The Hall–Kier alpha value is -3.12. The lowest BCUT2D eigenvalue weighted by atomic mass is 9.84. The molecule has 0 radical (unpaired) electrons. The van der Waals surface area contributed by atoms with Crippen LogP contribution in [0.2, 0.25) is 0 Å². The van der Waals surface area contributed by atoms with E-state index in [0.29, 0.717) is 18.9 Å². The molecule has 1 fully saturated rings. The Kier molecular flexibility index (Phi) is 6.68. The number of nitrogens with two attached hydrogens (primary N) is 1. The molecule has 2 heterocycles. The zero-order valence-electron chi connectivity index (χ0n) is 19.6. The monoisotopic (exact) mass is 458 g/mol. The first kappa shape index (κ1) is 22.7. The van der Waals surface area contributed by atoms with Crippen LogP contribution in [0, 0.1) is 5.92 Å². The predicted octanol–water partition coefficient (Wildman–Crippen LogP) is 4.68. The van der Waals surface area contributed by atoms with Crippen molar-refractivity contribution >= 4 is 5.91 Å². The number of fused-ring (bicyclic) bond motifs is 1. The van der Waals surface area contributed by atoms with Gasteiger partial charge < -0.3 is 20.3 Å². The highest BCUT2D eigenvalue weighted by Gasteiger charge is 2.36. The average Bonchev–Trinajstić information content (AvgIpc) is 3.31. The van der Waals surface area contributed by atoms with Gasteiger partial charge in [-0.1, -0.05) is 74.6 Å².